The molecule has 30 heavy (non-hydrogen) atoms. The van der Waals surface area contributed by atoms with E-state index in [-0.39, 0.29) is 4.90 Å². The maximum atomic E-state index is 12.8. The van der Waals surface area contributed by atoms with Gasteiger partial charge in [-0.25, -0.2) is 8.42 Å². The van der Waals surface area contributed by atoms with Gasteiger partial charge in [-0.2, -0.15) is 0 Å². The largest absolute Gasteiger partial charge is 0.493 e. The number of sulfonamides is 1. The van der Waals surface area contributed by atoms with Crippen molar-refractivity contribution in [2.24, 2.45) is 0 Å². The molecule has 0 atom stereocenters. The summed E-state index contributed by atoms with van der Waals surface area (Å²) in [6.07, 6.45) is 9.18. The molecule has 1 N–H and O–H groups in total. The molecule has 0 amide bonds. The molecule has 2 aromatic rings. The van der Waals surface area contributed by atoms with Gasteiger partial charge in [-0.05, 0) is 37.1 Å². The topological polar surface area (TPSA) is 64.6 Å². The SMILES string of the molecule is C=CCc1c(NS(=O)(=O)c2ccccc2)ccc(OC)c1OCCCCCCCC. The Morgan fingerprint density at radius 2 is 1.70 bits per heavy atom. The Kier molecular flexibility index (Phi) is 9.74. The third-order valence-corrected chi connectivity index (χ3v) is 6.22. The molecule has 2 rings (SSSR count). The first-order valence-corrected chi connectivity index (χ1v) is 12.0. The smallest absolute Gasteiger partial charge is 0.261 e. The van der Waals surface area contributed by atoms with Crippen LogP contribution in [-0.2, 0) is 16.4 Å². The van der Waals surface area contributed by atoms with Gasteiger partial charge in [-0.3, -0.25) is 4.72 Å². The number of unbranched alkanes of at least 4 members (excludes halogenated alkanes) is 5. The highest BCUT2D eigenvalue weighted by Gasteiger charge is 2.20. The minimum Gasteiger partial charge on any atom is -0.493 e. The lowest BCUT2D eigenvalue weighted by atomic mass is 10.1. The van der Waals surface area contributed by atoms with Gasteiger partial charge in [0.25, 0.3) is 10.0 Å². The second-order valence-electron chi connectivity index (χ2n) is 7.15. The van der Waals surface area contributed by atoms with Crippen LogP contribution in [0.3, 0.4) is 0 Å². The Balaban J connectivity index is 2.20. The summed E-state index contributed by atoms with van der Waals surface area (Å²) >= 11 is 0. The van der Waals surface area contributed by atoms with Gasteiger partial charge in [0.15, 0.2) is 11.5 Å². The highest BCUT2D eigenvalue weighted by Crippen LogP contribution is 2.38. The van der Waals surface area contributed by atoms with Crippen LogP contribution in [0, 0.1) is 0 Å². The quantitative estimate of drug-likeness (QED) is 0.296. The Labute approximate surface area is 181 Å². The van der Waals surface area contributed by atoms with Gasteiger partial charge in [0.2, 0.25) is 0 Å². The first-order valence-electron chi connectivity index (χ1n) is 10.5. The van der Waals surface area contributed by atoms with Crippen LogP contribution in [0.1, 0.15) is 51.0 Å². The molecule has 0 bridgehead atoms. The molecule has 0 unspecified atom stereocenters. The van der Waals surface area contributed by atoms with E-state index in [0.29, 0.717) is 30.2 Å². The van der Waals surface area contributed by atoms with Crippen LogP contribution in [0.4, 0.5) is 5.69 Å². The van der Waals surface area contributed by atoms with Gasteiger partial charge in [-0.15, -0.1) is 6.58 Å². The highest BCUT2D eigenvalue weighted by molar-refractivity contribution is 7.92. The lowest BCUT2D eigenvalue weighted by molar-refractivity contribution is 0.282. The molecule has 0 saturated heterocycles. The maximum Gasteiger partial charge on any atom is 0.261 e. The normalized spacial score (nSPS) is 11.1. The van der Waals surface area contributed by atoms with E-state index in [1.807, 2.05) is 0 Å². The standard InChI is InChI=1S/C24H33NO4S/c1-4-6-7-8-9-13-19-29-24-21(14-5-2)22(17-18-23(24)28-3)25-30(26,27)20-15-11-10-12-16-20/h5,10-12,15-18,25H,2,4,6-9,13-14,19H2,1,3H3. The third kappa shape index (κ3) is 6.80. The predicted octanol–water partition coefficient (Wildman–Crippen LogP) is 5.96. The van der Waals surface area contributed by atoms with Crippen LogP contribution in [0.15, 0.2) is 60.0 Å². The average Bonchev–Trinajstić information content (AvgIpc) is 2.75. The van der Waals surface area contributed by atoms with E-state index < -0.39 is 10.0 Å². The molecule has 6 heteroatoms. The lowest BCUT2D eigenvalue weighted by Crippen LogP contribution is -2.15. The number of nitrogens with one attached hydrogen (secondary N) is 1. The minimum atomic E-state index is -3.71. The van der Waals surface area contributed by atoms with Crippen molar-refractivity contribution in [2.45, 2.75) is 56.8 Å². The van der Waals surface area contributed by atoms with E-state index >= 15 is 0 Å². The molecule has 0 aliphatic heterocycles. The predicted molar refractivity (Wildman–Crippen MR) is 123 cm³/mol. The number of hydrogen-bond donors (Lipinski definition) is 1. The Bertz CT molecular complexity index is 895. The monoisotopic (exact) mass is 431 g/mol. The number of methoxy groups -OCH3 is 1. The van der Waals surface area contributed by atoms with Crippen molar-refractivity contribution in [1.82, 2.24) is 0 Å². The molecule has 5 nitrogen and oxygen atoms in total. The summed E-state index contributed by atoms with van der Waals surface area (Å²) in [7, 11) is -2.13. The average molecular weight is 432 g/mol. The van der Waals surface area contributed by atoms with Crippen molar-refractivity contribution in [3.63, 3.8) is 0 Å². The van der Waals surface area contributed by atoms with Gasteiger partial charge in [0.1, 0.15) is 0 Å². The molecule has 0 aliphatic carbocycles. The number of benzene rings is 2. The fourth-order valence-electron chi connectivity index (χ4n) is 3.23. The van der Waals surface area contributed by atoms with Crippen LogP contribution in [0.5, 0.6) is 11.5 Å². The zero-order valence-corrected chi connectivity index (χ0v) is 18.8. The summed E-state index contributed by atoms with van der Waals surface area (Å²) in [5.41, 5.74) is 1.19. The van der Waals surface area contributed by atoms with Crippen molar-refractivity contribution in [3.05, 3.63) is 60.7 Å². The fourth-order valence-corrected chi connectivity index (χ4v) is 4.34. The molecule has 0 aliphatic rings. The fraction of sp³-hybridized carbons (Fsp3) is 0.417. The number of hydrogen-bond acceptors (Lipinski definition) is 4. The van der Waals surface area contributed by atoms with Gasteiger partial charge in [0, 0.05) is 5.56 Å². The molecule has 0 aromatic heterocycles. The molecule has 164 valence electrons. The zero-order valence-electron chi connectivity index (χ0n) is 18.0. The second kappa shape index (κ2) is 12.3. The van der Waals surface area contributed by atoms with E-state index in [0.717, 1.165) is 18.4 Å². The highest BCUT2D eigenvalue weighted by atomic mass is 32.2. The number of allylic oxidation sites excluding steroid dienone is 1. The van der Waals surface area contributed by atoms with Gasteiger partial charge < -0.3 is 9.47 Å². The summed E-state index contributed by atoms with van der Waals surface area (Å²) in [4.78, 5) is 0.208. The van der Waals surface area contributed by atoms with E-state index in [1.165, 1.54) is 25.7 Å². The summed E-state index contributed by atoms with van der Waals surface area (Å²) in [6, 6.07) is 11.7. The van der Waals surface area contributed by atoms with E-state index in [4.69, 9.17) is 9.47 Å². The van der Waals surface area contributed by atoms with Crippen molar-refractivity contribution < 1.29 is 17.9 Å². The summed E-state index contributed by atoms with van der Waals surface area (Å²) < 4.78 is 39.8. The number of anilines is 1. The van der Waals surface area contributed by atoms with Crippen molar-refractivity contribution >= 4 is 15.7 Å². The summed E-state index contributed by atoms with van der Waals surface area (Å²) in [6.45, 7) is 6.57. The molecule has 0 fully saturated rings. The minimum absolute atomic E-state index is 0.208. The molecule has 0 saturated carbocycles. The Hall–Kier alpha value is -2.47. The number of ether oxygens (including phenoxy) is 2. The van der Waals surface area contributed by atoms with E-state index in [9.17, 15) is 8.42 Å². The van der Waals surface area contributed by atoms with Crippen LogP contribution in [0.2, 0.25) is 0 Å². The van der Waals surface area contributed by atoms with Crippen LogP contribution in [-0.4, -0.2) is 22.1 Å². The summed E-state index contributed by atoms with van der Waals surface area (Å²) in [5.74, 6) is 1.15. The van der Waals surface area contributed by atoms with Gasteiger partial charge in [-0.1, -0.05) is 63.3 Å². The van der Waals surface area contributed by atoms with Crippen molar-refractivity contribution in [1.29, 1.82) is 0 Å². The first kappa shape index (κ1) is 23.8. The van der Waals surface area contributed by atoms with Gasteiger partial charge >= 0.3 is 0 Å². The second-order valence-corrected chi connectivity index (χ2v) is 8.83. The molecule has 0 radical (unpaired) electrons. The summed E-state index contributed by atoms with van der Waals surface area (Å²) in [5, 5.41) is 0. The maximum absolute atomic E-state index is 12.8. The third-order valence-electron chi connectivity index (χ3n) is 4.83. The molecule has 0 heterocycles. The Morgan fingerprint density at radius 1 is 1.00 bits per heavy atom. The van der Waals surface area contributed by atoms with E-state index in [1.54, 1.807) is 55.7 Å². The molecular formula is C24H33NO4S. The van der Waals surface area contributed by atoms with Crippen molar-refractivity contribution in [3.8, 4) is 11.5 Å². The zero-order chi connectivity index (χ0) is 21.8. The van der Waals surface area contributed by atoms with Crippen LogP contribution >= 0.6 is 0 Å². The van der Waals surface area contributed by atoms with Crippen molar-refractivity contribution in [2.75, 3.05) is 18.4 Å². The molecule has 0 spiro atoms. The van der Waals surface area contributed by atoms with Crippen LogP contribution in [0.25, 0.3) is 0 Å². The molecular weight excluding hydrogens is 398 g/mol. The Morgan fingerprint density at radius 3 is 2.37 bits per heavy atom. The number of rotatable bonds is 14. The lowest BCUT2D eigenvalue weighted by Gasteiger charge is -2.19. The molecule has 2 aromatic carbocycles. The first-order chi connectivity index (χ1) is 14.5. The van der Waals surface area contributed by atoms with E-state index in [2.05, 4.69) is 18.2 Å². The van der Waals surface area contributed by atoms with Crippen LogP contribution < -0.4 is 14.2 Å². The van der Waals surface area contributed by atoms with Gasteiger partial charge in [0.05, 0.1) is 24.3 Å².